The molecule has 1 amide bonds. The highest BCUT2D eigenvalue weighted by molar-refractivity contribution is 6.05. The van der Waals surface area contributed by atoms with E-state index < -0.39 is 0 Å². The monoisotopic (exact) mass is 340 g/mol. The maximum Gasteiger partial charge on any atom is 0.231 e. The van der Waals surface area contributed by atoms with Crippen LogP contribution in [-0.2, 0) is 4.79 Å². The number of carbonyl (C=O) groups excluding carboxylic acids is 2. The van der Waals surface area contributed by atoms with Crippen molar-refractivity contribution in [3.05, 3.63) is 53.6 Å². The van der Waals surface area contributed by atoms with Crippen molar-refractivity contribution >= 4 is 17.4 Å². The van der Waals surface area contributed by atoms with Gasteiger partial charge in [-0.15, -0.1) is 0 Å². The normalized spacial score (nSPS) is 11.5. The Bertz CT molecular complexity index is 756. The summed E-state index contributed by atoms with van der Waals surface area (Å²) in [6, 6.07) is 13.4. The van der Waals surface area contributed by atoms with Gasteiger partial charge in [0.15, 0.2) is 17.3 Å². The van der Waals surface area contributed by atoms with E-state index in [1.54, 1.807) is 24.3 Å². The van der Waals surface area contributed by atoms with Gasteiger partial charge >= 0.3 is 0 Å². The molecule has 2 rings (SSSR count). The number of carbonyl (C=O) groups is 2. The smallest absolute Gasteiger partial charge is 0.231 e. The number of amides is 1. The molecule has 1 atom stereocenters. The number of hydrogen-bond acceptors (Lipinski definition) is 4. The van der Waals surface area contributed by atoms with Gasteiger partial charge in [-0.05, 0) is 31.0 Å². The number of rotatable bonds is 7. The summed E-state index contributed by atoms with van der Waals surface area (Å²) in [5, 5.41) is 2.86. The van der Waals surface area contributed by atoms with E-state index in [1.165, 1.54) is 21.1 Å². The molecule has 0 aliphatic heterocycles. The summed E-state index contributed by atoms with van der Waals surface area (Å²) in [6.07, 6.45) is 0.637. The van der Waals surface area contributed by atoms with Crippen LogP contribution < -0.4 is 14.8 Å². The van der Waals surface area contributed by atoms with Crippen LogP contribution in [-0.4, -0.2) is 25.9 Å². The van der Waals surface area contributed by atoms with Gasteiger partial charge in [0.1, 0.15) is 0 Å². The summed E-state index contributed by atoms with van der Waals surface area (Å²) in [5.74, 6) is 0.228. The third-order valence-corrected chi connectivity index (χ3v) is 4.03. The van der Waals surface area contributed by atoms with E-state index in [2.05, 4.69) is 11.4 Å². The fourth-order valence-corrected chi connectivity index (χ4v) is 2.70. The second-order valence-electron chi connectivity index (χ2n) is 5.59. The van der Waals surface area contributed by atoms with E-state index in [1.807, 2.05) is 19.1 Å². The quantitative estimate of drug-likeness (QED) is 0.778. The van der Waals surface area contributed by atoms with Crippen LogP contribution in [0.25, 0.3) is 0 Å². The van der Waals surface area contributed by atoms with Crippen LogP contribution in [0.15, 0.2) is 36.4 Å². The Morgan fingerprint density at radius 2 is 1.72 bits per heavy atom. The molecule has 131 valence electrons. The van der Waals surface area contributed by atoms with E-state index in [9.17, 15) is 9.59 Å². The molecule has 0 aromatic heterocycles. The van der Waals surface area contributed by atoms with Gasteiger partial charge in [-0.1, -0.05) is 31.2 Å². The van der Waals surface area contributed by atoms with Crippen LogP contribution in [0.3, 0.4) is 0 Å². The second-order valence-corrected chi connectivity index (χ2v) is 5.59. The Balaban J connectivity index is 2.37. The Morgan fingerprint density at radius 1 is 1.12 bits per heavy atom. The van der Waals surface area contributed by atoms with E-state index in [0.717, 1.165) is 5.56 Å². The lowest BCUT2D eigenvalue weighted by atomic mass is 9.95. The number of anilines is 1. The van der Waals surface area contributed by atoms with Crippen molar-refractivity contribution in [1.29, 1.82) is 0 Å². The van der Waals surface area contributed by atoms with Gasteiger partial charge in [0, 0.05) is 11.6 Å². The van der Waals surface area contributed by atoms with Crippen molar-refractivity contribution in [3.8, 4) is 11.5 Å². The Morgan fingerprint density at radius 3 is 2.24 bits per heavy atom. The number of ether oxygens (including phenoxy) is 2. The topological polar surface area (TPSA) is 64.6 Å². The minimum absolute atomic E-state index is 0.168. The van der Waals surface area contributed by atoms with Gasteiger partial charge in [0.2, 0.25) is 5.91 Å². The third kappa shape index (κ3) is 4.18. The molecule has 0 fully saturated rings. The first-order chi connectivity index (χ1) is 12.0. The summed E-state index contributed by atoms with van der Waals surface area (Å²) in [4.78, 5) is 24.7. The largest absolute Gasteiger partial charge is 0.493 e. The molecular weight excluding hydrogens is 318 g/mol. The fraction of sp³-hybridized carbons (Fsp3) is 0.300. The van der Waals surface area contributed by atoms with Gasteiger partial charge in [0.05, 0.1) is 25.8 Å². The first kappa shape index (κ1) is 18.5. The van der Waals surface area contributed by atoms with E-state index >= 15 is 0 Å². The first-order valence-corrected chi connectivity index (χ1v) is 8.05. The highest BCUT2D eigenvalue weighted by Crippen LogP contribution is 2.34. The van der Waals surface area contributed by atoms with Gasteiger partial charge in [0.25, 0.3) is 0 Å². The second kappa shape index (κ2) is 8.33. The standard InChI is InChI=1S/C20H22NO4/c1-5-15(14-9-7-6-8-10-14)20(23)21-17-12-19(25-4)18(24-3)11-16(17)13(2)22/h7-12,15H,5H2,1-4H3,(H,21,23). The first-order valence-electron chi connectivity index (χ1n) is 8.05. The molecule has 0 bridgehead atoms. The molecule has 0 aliphatic rings. The molecule has 1 N–H and O–H groups in total. The molecule has 1 radical (unpaired) electrons. The maximum atomic E-state index is 12.8. The van der Waals surface area contributed by atoms with Gasteiger partial charge in [-0.25, -0.2) is 0 Å². The molecule has 1 unspecified atom stereocenters. The molecule has 2 aromatic carbocycles. The Hall–Kier alpha value is -2.82. The predicted molar refractivity (Wildman–Crippen MR) is 96.5 cm³/mol. The van der Waals surface area contributed by atoms with Gasteiger partial charge < -0.3 is 14.8 Å². The molecule has 5 nitrogen and oxygen atoms in total. The van der Waals surface area contributed by atoms with E-state index in [4.69, 9.17) is 9.47 Å². The number of benzene rings is 2. The molecule has 5 heteroatoms. The zero-order valence-electron chi connectivity index (χ0n) is 14.9. The number of hydrogen-bond donors (Lipinski definition) is 1. The van der Waals surface area contributed by atoms with Crippen molar-refractivity contribution in [1.82, 2.24) is 0 Å². The SMILES string of the molecule is CCC(C(=O)Nc1cc(OC)c(OC)cc1C(C)=O)c1cc[c]cc1. The Kier molecular flexibility index (Phi) is 6.17. The molecular formula is C20H22NO4. The summed E-state index contributed by atoms with van der Waals surface area (Å²) < 4.78 is 10.5. The molecule has 0 saturated heterocycles. The van der Waals surface area contributed by atoms with Crippen LogP contribution in [0, 0.1) is 6.07 Å². The lowest BCUT2D eigenvalue weighted by Gasteiger charge is -2.18. The number of ketones is 1. The number of Topliss-reactive ketones (excluding diaryl/α,β-unsaturated/α-hetero) is 1. The molecule has 25 heavy (non-hydrogen) atoms. The summed E-state index contributed by atoms with van der Waals surface area (Å²) in [5.41, 5.74) is 1.70. The van der Waals surface area contributed by atoms with Crippen molar-refractivity contribution in [2.75, 3.05) is 19.5 Å². The van der Waals surface area contributed by atoms with Crippen molar-refractivity contribution in [3.63, 3.8) is 0 Å². The minimum atomic E-state index is -0.317. The lowest BCUT2D eigenvalue weighted by molar-refractivity contribution is -0.117. The highest BCUT2D eigenvalue weighted by Gasteiger charge is 2.22. The molecule has 2 aromatic rings. The fourth-order valence-electron chi connectivity index (χ4n) is 2.70. The molecule has 0 aliphatic carbocycles. The van der Waals surface area contributed by atoms with Crippen LogP contribution in [0.5, 0.6) is 11.5 Å². The van der Waals surface area contributed by atoms with Crippen LogP contribution in [0.2, 0.25) is 0 Å². The summed E-state index contributed by atoms with van der Waals surface area (Å²) >= 11 is 0. The molecule has 0 heterocycles. The van der Waals surface area contributed by atoms with Crippen molar-refractivity contribution in [2.24, 2.45) is 0 Å². The maximum absolute atomic E-state index is 12.8. The average molecular weight is 340 g/mol. The predicted octanol–water partition coefficient (Wildman–Crippen LogP) is 3.84. The van der Waals surface area contributed by atoms with Gasteiger partial charge in [-0.2, -0.15) is 0 Å². The van der Waals surface area contributed by atoms with Gasteiger partial charge in [-0.3, -0.25) is 9.59 Å². The zero-order chi connectivity index (χ0) is 18.4. The molecule has 0 saturated carbocycles. The molecule has 0 spiro atoms. The van der Waals surface area contributed by atoms with Crippen LogP contribution >= 0.6 is 0 Å². The van der Waals surface area contributed by atoms with E-state index in [0.29, 0.717) is 29.2 Å². The van der Waals surface area contributed by atoms with Crippen molar-refractivity contribution in [2.45, 2.75) is 26.2 Å². The zero-order valence-corrected chi connectivity index (χ0v) is 14.9. The highest BCUT2D eigenvalue weighted by atomic mass is 16.5. The number of nitrogens with one attached hydrogen (secondary N) is 1. The van der Waals surface area contributed by atoms with Crippen LogP contribution in [0.4, 0.5) is 5.69 Å². The summed E-state index contributed by atoms with van der Waals surface area (Å²) in [7, 11) is 3.01. The lowest BCUT2D eigenvalue weighted by Crippen LogP contribution is -2.22. The Labute approximate surface area is 148 Å². The van der Waals surface area contributed by atoms with Crippen molar-refractivity contribution < 1.29 is 19.1 Å². The third-order valence-electron chi connectivity index (χ3n) is 4.03. The minimum Gasteiger partial charge on any atom is -0.493 e. The van der Waals surface area contributed by atoms with E-state index in [-0.39, 0.29) is 17.6 Å². The summed E-state index contributed by atoms with van der Waals surface area (Å²) in [6.45, 7) is 3.39. The average Bonchev–Trinajstić information content (AvgIpc) is 2.62. The van der Waals surface area contributed by atoms with Crippen LogP contribution in [0.1, 0.15) is 42.1 Å². The number of methoxy groups -OCH3 is 2.